The Labute approximate surface area is 120 Å². The highest BCUT2D eigenvalue weighted by Gasteiger charge is 2.08. The first-order valence-electron chi connectivity index (χ1n) is 6.49. The van der Waals surface area contributed by atoms with Crippen LogP contribution in [0.25, 0.3) is 22.1 Å². The van der Waals surface area contributed by atoms with Crippen molar-refractivity contribution < 1.29 is 4.74 Å². The van der Waals surface area contributed by atoms with E-state index >= 15 is 0 Å². The first-order chi connectivity index (χ1) is 10.4. The summed E-state index contributed by atoms with van der Waals surface area (Å²) in [6.45, 7) is 0. The molecule has 4 rings (SSSR count). The van der Waals surface area contributed by atoms with Gasteiger partial charge < -0.3 is 4.74 Å². The fraction of sp³-hybridized carbons (Fsp3) is 0. The summed E-state index contributed by atoms with van der Waals surface area (Å²) in [5.41, 5.74) is 3.03. The Hall–Kier alpha value is -3.08. The van der Waals surface area contributed by atoms with E-state index in [4.69, 9.17) is 4.74 Å². The van der Waals surface area contributed by atoms with Crippen LogP contribution in [0.4, 0.5) is 0 Å². The van der Waals surface area contributed by atoms with E-state index < -0.39 is 0 Å². The molecule has 2 heterocycles. The van der Waals surface area contributed by atoms with E-state index in [1.54, 1.807) is 24.8 Å². The maximum atomic E-state index is 6.00. The third-order valence-electron chi connectivity index (χ3n) is 3.14. The summed E-state index contributed by atoms with van der Waals surface area (Å²) < 4.78 is 6.00. The Morgan fingerprint density at radius 3 is 1.57 bits per heavy atom. The summed E-state index contributed by atoms with van der Waals surface area (Å²) in [5.74, 6) is 1.30. The summed E-state index contributed by atoms with van der Waals surface area (Å²) in [4.78, 5) is 17.2. The fourth-order valence-corrected chi connectivity index (χ4v) is 2.22. The molecule has 0 bridgehead atoms. The van der Waals surface area contributed by atoms with Gasteiger partial charge in [-0.15, -0.1) is 0 Å². The number of hydrogen-bond acceptors (Lipinski definition) is 5. The lowest BCUT2D eigenvalue weighted by Crippen LogP contribution is -1.92. The van der Waals surface area contributed by atoms with Crippen LogP contribution < -0.4 is 4.74 Å². The number of ether oxygens (including phenoxy) is 1. The Bertz CT molecular complexity index is 851. The standard InChI is InChI=1S/C16H10N4O/c1-3-11-15(19-9-7-17-11)13(5-1)21-14-6-2-4-12-16(14)20-10-8-18-12/h1-10H. The fourth-order valence-electron chi connectivity index (χ4n) is 2.22. The quantitative estimate of drug-likeness (QED) is 0.561. The molecule has 0 radical (unpaired) electrons. The van der Waals surface area contributed by atoms with Gasteiger partial charge in [0.1, 0.15) is 11.0 Å². The van der Waals surface area contributed by atoms with E-state index in [0.29, 0.717) is 11.5 Å². The predicted octanol–water partition coefficient (Wildman–Crippen LogP) is 3.37. The van der Waals surface area contributed by atoms with Crippen LogP contribution in [-0.4, -0.2) is 19.9 Å². The normalized spacial score (nSPS) is 10.9. The Balaban J connectivity index is 1.87. The van der Waals surface area contributed by atoms with Crippen LogP contribution in [0.5, 0.6) is 11.5 Å². The van der Waals surface area contributed by atoms with Crippen molar-refractivity contribution in [3.63, 3.8) is 0 Å². The van der Waals surface area contributed by atoms with Crippen molar-refractivity contribution in [3.05, 3.63) is 61.2 Å². The molecule has 0 saturated carbocycles. The van der Waals surface area contributed by atoms with Gasteiger partial charge in [0.15, 0.2) is 11.5 Å². The predicted molar refractivity (Wildman–Crippen MR) is 79.2 cm³/mol. The summed E-state index contributed by atoms with van der Waals surface area (Å²) in [7, 11) is 0. The summed E-state index contributed by atoms with van der Waals surface area (Å²) in [6.07, 6.45) is 6.63. The Kier molecular flexibility index (Phi) is 2.67. The number of benzene rings is 2. The van der Waals surface area contributed by atoms with Crippen LogP contribution in [0.15, 0.2) is 61.2 Å². The average Bonchev–Trinajstić information content (AvgIpc) is 2.56. The van der Waals surface area contributed by atoms with Gasteiger partial charge in [-0.1, -0.05) is 12.1 Å². The molecule has 0 spiro atoms. The zero-order valence-corrected chi connectivity index (χ0v) is 11.0. The van der Waals surface area contributed by atoms with E-state index in [9.17, 15) is 0 Å². The maximum absolute atomic E-state index is 6.00. The molecule has 0 aliphatic heterocycles. The topological polar surface area (TPSA) is 60.8 Å². The summed E-state index contributed by atoms with van der Waals surface area (Å²) in [5, 5.41) is 0. The van der Waals surface area contributed by atoms with Gasteiger partial charge in [-0.3, -0.25) is 9.97 Å². The second-order valence-electron chi connectivity index (χ2n) is 4.46. The molecule has 0 amide bonds. The van der Waals surface area contributed by atoms with Crippen molar-refractivity contribution in [2.75, 3.05) is 0 Å². The smallest absolute Gasteiger partial charge is 0.155 e. The Morgan fingerprint density at radius 2 is 1.05 bits per heavy atom. The molecule has 0 unspecified atom stereocenters. The summed E-state index contributed by atoms with van der Waals surface area (Å²) in [6, 6.07) is 11.3. The van der Waals surface area contributed by atoms with E-state index in [2.05, 4.69) is 19.9 Å². The van der Waals surface area contributed by atoms with Crippen LogP contribution in [0, 0.1) is 0 Å². The molecule has 5 nitrogen and oxygen atoms in total. The minimum atomic E-state index is 0.652. The monoisotopic (exact) mass is 274 g/mol. The van der Waals surface area contributed by atoms with Crippen molar-refractivity contribution in [2.45, 2.75) is 0 Å². The molecular weight excluding hydrogens is 264 g/mol. The number of fused-ring (bicyclic) bond motifs is 2. The minimum absolute atomic E-state index is 0.652. The third-order valence-corrected chi connectivity index (χ3v) is 3.14. The SMILES string of the molecule is c1cc(Oc2cccc3nccnc23)c2nccnc2c1. The molecule has 4 aromatic rings. The molecule has 100 valence electrons. The lowest BCUT2D eigenvalue weighted by atomic mass is 10.2. The van der Waals surface area contributed by atoms with Crippen LogP contribution >= 0.6 is 0 Å². The van der Waals surface area contributed by atoms with Gasteiger partial charge in [0.05, 0.1) is 11.0 Å². The molecule has 0 saturated heterocycles. The van der Waals surface area contributed by atoms with Gasteiger partial charge in [0.25, 0.3) is 0 Å². The lowest BCUT2D eigenvalue weighted by Gasteiger charge is -2.09. The molecule has 5 heteroatoms. The number of aromatic nitrogens is 4. The highest BCUT2D eigenvalue weighted by atomic mass is 16.5. The highest BCUT2D eigenvalue weighted by Crippen LogP contribution is 2.30. The number of nitrogens with zero attached hydrogens (tertiary/aromatic N) is 4. The summed E-state index contributed by atoms with van der Waals surface area (Å²) >= 11 is 0. The van der Waals surface area contributed by atoms with Gasteiger partial charge in [0.2, 0.25) is 0 Å². The van der Waals surface area contributed by atoms with Gasteiger partial charge in [-0.25, -0.2) is 9.97 Å². The van der Waals surface area contributed by atoms with Crippen LogP contribution in [-0.2, 0) is 0 Å². The molecule has 0 atom stereocenters. The zero-order valence-electron chi connectivity index (χ0n) is 11.0. The zero-order chi connectivity index (χ0) is 14.1. The van der Waals surface area contributed by atoms with Crippen molar-refractivity contribution >= 4 is 22.1 Å². The Morgan fingerprint density at radius 1 is 0.571 bits per heavy atom. The van der Waals surface area contributed by atoms with Crippen LogP contribution in [0.2, 0.25) is 0 Å². The molecule has 0 aliphatic rings. The van der Waals surface area contributed by atoms with Crippen molar-refractivity contribution in [1.29, 1.82) is 0 Å². The number of para-hydroxylation sites is 2. The van der Waals surface area contributed by atoms with Gasteiger partial charge in [0, 0.05) is 24.8 Å². The average molecular weight is 274 g/mol. The molecule has 0 fully saturated rings. The van der Waals surface area contributed by atoms with Gasteiger partial charge in [-0.2, -0.15) is 0 Å². The second-order valence-corrected chi connectivity index (χ2v) is 4.46. The van der Waals surface area contributed by atoms with Crippen LogP contribution in [0.3, 0.4) is 0 Å². The molecule has 21 heavy (non-hydrogen) atoms. The maximum Gasteiger partial charge on any atom is 0.155 e. The first-order valence-corrected chi connectivity index (χ1v) is 6.49. The largest absolute Gasteiger partial charge is 0.453 e. The lowest BCUT2D eigenvalue weighted by molar-refractivity contribution is 0.491. The third kappa shape index (κ3) is 2.04. The van der Waals surface area contributed by atoms with Crippen LogP contribution in [0.1, 0.15) is 0 Å². The number of hydrogen-bond donors (Lipinski definition) is 0. The van der Waals surface area contributed by atoms with Gasteiger partial charge >= 0.3 is 0 Å². The van der Waals surface area contributed by atoms with Crippen molar-refractivity contribution in [1.82, 2.24) is 19.9 Å². The van der Waals surface area contributed by atoms with Crippen molar-refractivity contribution in [2.24, 2.45) is 0 Å². The second kappa shape index (κ2) is 4.79. The number of rotatable bonds is 2. The molecular formula is C16H10N4O. The molecule has 0 N–H and O–H groups in total. The highest BCUT2D eigenvalue weighted by molar-refractivity contribution is 5.84. The first kappa shape index (κ1) is 11.7. The van der Waals surface area contributed by atoms with E-state index in [1.165, 1.54) is 0 Å². The minimum Gasteiger partial charge on any atom is -0.453 e. The molecule has 2 aromatic heterocycles. The molecule has 2 aromatic carbocycles. The van der Waals surface area contributed by atoms with E-state index in [-0.39, 0.29) is 0 Å². The van der Waals surface area contributed by atoms with E-state index in [1.807, 2.05) is 36.4 Å². The molecule has 0 aliphatic carbocycles. The van der Waals surface area contributed by atoms with Crippen molar-refractivity contribution in [3.8, 4) is 11.5 Å². The van der Waals surface area contributed by atoms with Gasteiger partial charge in [-0.05, 0) is 24.3 Å². The van der Waals surface area contributed by atoms with E-state index in [0.717, 1.165) is 22.1 Å².